The summed E-state index contributed by atoms with van der Waals surface area (Å²) in [5.41, 5.74) is -1.13. The molecule has 1 heterocycles. The van der Waals surface area contributed by atoms with E-state index in [0.29, 0.717) is 18.7 Å². The first-order chi connectivity index (χ1) is 6.18. The van der Waals surface area contributed by atoms with Crippen LogP contribution < -0.4 is 4.74 Å². The summed E-state index contributed by atoms with van der Waals surface area (Å²) in [6.45, 7) is 0.0559. The number of nitrogens with zero attached hydrogens (tertiary/aromatic N) is 2. The zero-order valence-corrected chi connectivity index (χ0v) is 7.59. The van der Waals surface area contributed by atoms with Gasteiger partial charge in [-0.3, -0.25) is 0 Å². The van der Waals surface area contributed by atoms with Gasteiger partial charge in [0.15, 0.2) is 0 Å². The van der Waals surface area contributed by atoms with Gasteiger partial charge < -0.3 is 4.74 Å². The number of hydrogen-bond donors (Lipinski definition) is 0. The Morgan fingerprint density at radius 2 is 2.38 bits per heavy atom. The third kappa shape index (κ3) is 2.28. The molecule has 1 fully saturated rings. The average molecular weight is 203 g/mol. The van der Waals surface area contributed by atoms with Crippen LogP contribution in [0.25, 0.3) is 0 Å². The lowest BCUT2D eigenvalue weighted by atomic mass is 10.4. The van der Waals surface area contributed by atoms with Gasteiger partial charge in [0.05, 0.1) is 0 Å². The predicted octanol–water partition coefficient (Wildman–Crippen LogP) is 2.01. The largest absolute Gasteiger partial charge is 0.474 e. The molecule has 0 radical (unpaired) electrons. The van der Waals surface area contributed by atoms with Crippen LogP contribution in [0.2, 0.25) is 5.28 Å². The van der Waals surface area contributed by atoms with E-state index < -0.39 is 5.67 Å². The summed E-state index contributed by atoms with van der Waals surface area (Å²) in [7, 11) is 0. The first-order valence-corrected chi connectivity index (χ1v) is 4.36. The quantitative estimate of drug-likeness (QED) is 0.704. The van der Waals surface area contributed by atoms with E-state index in [4.69, 9.17) is 16.3 Å². The van der Waals surface area contributed by atoms with Crippen LogP contribution >= 0.6 is 11.6 Å². The number of ether oxygens (including phenoxy) is 1. The molecule has 0 aliphatic heterocycles. The molecule has 0 unspecified atom stereocenters. The molecular weight excluding hydrogens is 195 g/mol. The number of hydrogen-bond acceptors (Lipinski definition) is 3. The Bertz CT molecular complexity index is 317. The van der Waals surface area contributed by atoms with Crippen LogP contribution in [0.5, 0.6) is 5.88 Å². The Hall–Kier alpha value is -0.900. The van der Waals surface area contributed by atoms with Gasteiger partial charge >= 0.3 is 0 Å². The highest BCUT2D eigenvalue weighted by atomic mass is 35.5. The van der Waals surface area contributed by atoms with Crippen LogP contribution in [0.15, 0.2) is 12.3 Å². The van der Waals surface area contributed by atoms with Gasteiger partial charge in [-0.1, -0.05) is 0 Å². The van der Waals surface area contributed by atoms with Crippen molar-refractivity contribution in [1.82, 2.24) is 9.97 Å². The summed E-state index contributed by atoms with van der Waals surface area (Å²) in [5.74, 6) is 0.323. The topological polar surface area (TPSA) is 35.0 Å². The van der Waals surface area contributed by atoms with Gasteiger partial charge in [0.25, 0.3) is 0 Å². The van der Waals surface area contributed by atoms with Crippen molar-refractivity contribution in [3.8, 4) is 5.88 Å². The summed E-state index contributed by atoms with van der Waals surface area (Å²) < 4.78 is 18.2. The number of alkyl halides is 1. The zero-order chi connectivity index (χ0) is 9.31. The molecule has 2 rings (SSSR count). The summed E-state index contributed by atoms with van der Waals surface area (Å²) in [4.78, 5) is 7.45. The molecule has 0 saturated heterocycles. The highest BCUT2D eigenvalue weighted by Gasteiger charge is 2.44. The molecular formula is C8H8ClFN2O. The van der Waals surface area contributed by atoms with Crippen LogP contribution in [0.4, 0.5) is 4.39 Å². The fourth-order valence-corrected chi connectivity index (χ4v) is 1.02. The summed E-state index contributed by atoms with van der Waals surface area (Å²) in [6.07, 6.45) is 2.63. The maximum absolute atomic E-state index is 13.1. The van der Waals surface area contributed by atoms with Crippen molar-refractivity contribution in [2.45, 2.75) is 18.5 Å². The van der Waals surface area contributed by atoms with Gasteiger partial charge in [0.2, 0.25) is 11.2 Å². The van der Waals surface area contributed by atoms with Crippen molar-refractivity contribution in [3.63, 3.8) is 0 Å². The maximum atomic E-state index is 13.1. The fraction of sp³-hybridized carbons (Fsp3) is 0.500. The van der Waals surface area contributed by atoms with Crippen LogP contribution in [-0.2, 0) is 0 Å². The monoisotopic (exact) mass is 202 g/mol. The Kier molecular flexibility index (Phi) is 2.07. The van der Waals surface area contributed by atoms with Crippen molar-refractivity contribution in [2.24, 2.45) is 0 Å². The second kappa shape index (κ2) is 3.10. The van der Waals surface area contributed by atoms with Gasteiger partial charge in [-0.2, -0.15) is 4.98 Å². The van der Waals surface area contributed by atoms with E-state index in [-0.39, 0.29) is 11.9 Å². The molecule has 3 nitrogen and oxygen atoms in total. The van der Waals surface area contributed by atoms with Gasteiger partial charge in [-0.25, -0.2) is 9.37 Å². The average Bonchev–Trinajstić information content (AvgIpc) is 2.82. The second-order valence-electron chi connectivity index (χ2n) is 3.10. The van der Waals surface area contributed by atoms with Gasteiger partial charge in [0, 0.05) is 12.3 Å². The van der Waals surface area contributed by atoms with Gasteiger partial charge in [-0.15, -0.1) is 0 Å². The molecule has 1 aromatic heterocycles. The van der Waals surface area contributed by atoms with Crippen molar-refractivity contribution < 1.29 is 9.13 Å². The minimum Gasteiger partial charge on any atom is -0.474 e. The third-order valence-electron chi connectivity index (χ3n) is 1.87. The highest BCUT2D eigenvalue weighted by molar-refractivity contribution is 6.28. The van der Waals surface area contributed by atoms with Crippen LogP contribution in [0, 0.1) is 0 Å². The lowest BCUT2D eigenvalue weighted by molar-refractivity contribution is 0.172. The molecule has 1 aliphatic rings. The second-order valence-corrected chi connectivity index (χ2v) is 3.44. The summed E-state index contributed by atoms with van der Waals surface area (Å²) >= 11 is 5.51. The van der Waals surface area contributed by atoms with E-state index in [1.807, 2.05) is 0 Å². The van der Waals surface area contributed by atoms with Crippen molar-refractivity contribution >= 4 is 11.6 Å². The first kappa shape index (κ1) is 8.69. The Labute approximate surface area is 79.9 Å². The molecule has 0 bridgehead atoms. The molecule has 1 saturated carbocycles. The number of rotatable bonds is 3. The Morgan fingerprint density at radius 1 is 1.62 bits per heavy atom. The lowest BCUT2D eigenvalue weighted by Crippen LogP contribution is -2.14. The van der Waals surface area contributed by atoms with Crippen molar-refractivity contribution in [1.29, 1.82) is 0 Å². The van der Waals surface area contributed by atoms with Crippen molar-refractivity contribution in [2.75, 3.05) is 6.61 Å². The summed E-state index contributed by atoms with van der Waals surface area (Å²) in [5, 5.41) is 0.112. The zero-order valence-electron chi connectivity index (χ0n) is 6.83. The molecule has 0 N–H and O–H groups in total. The predicted molar refractivity (Wildman–Crippen MR) is 45.6 cm³/mol. The lowest BCUT2D eigenvalue weighted by Gasteiger charge is -2.06. The smallest absolute Gasteiger partial charge is 0.225 e. The first-order valence-electron chi connectivity index (χ1n) is 3.98. The van der Waals surface area contributed by atoms with Crippen LogP contribution in [-0.4, -0.2) is 22.2 Å². The van der Waals surface area contributed by atoms with E-state index in [0.717, 1.165) is 0 Å². The fourth-order valence-electron chi connectivity index (χ4n) is 0.883. The van der Waals surface area contributed by atoms with Gasteiger partial charge in [-0.05, 0) is 24.4 Å². The van der Waals surface area contributed by atoms with E-state index in [1.165, 1.54) is 6.20 Å². The maximum Gasteiger partial charge on any atom is 0.225 e. The molecule has 70 valence electrons. The molecule has 0 amide bonds. The number of aromatic nitrogens is 2. The van der Waals surface area contributed by atoms with Crippen LogP contribution in [0.1, 0.15) is 12.8 Å². The SMILES string of the molecule is FC1(COc2ccnc(Cl)n2)CC1. The Morgan fingerprint density at radius 3 is 3.00 bits per heavy atom. The minimum atomic E-state index is -1.13. The molecule has 0 atom stereocenters. The normalized spacial score (nSPS) is 18.3. The van der Waals surface area contributed by atoms with Crippen molar-refractivity contribution in [3.05, 3.63) is 17.5 Å². The molecule has 0 aromatic carbocycles. The van der Waals surface area contributed by atoms with E-state index in [2.05, 4.69) is 9.97 Å². The molecule has 13 heavy (non-hydrogen) atoms. The Balaban J connectivity index is 1.94. The van der Waals surface area contributed by atoms with Gasteiger partial charge in [0.1, 0.15) is 12.3 Å². The van der Waals surface area contributed by atoms with E-state index >= 15 is 0 Å². The summed E-state index contributed by atoms with van der Waals surface area (Å²) in [6, 6.07) is 1.55. The highest BCUT2D eigenvalue weighted by Crippen LogP contribution is 2.39. The molecule has 0 spiro atoms. The van der Waals surface area contributed by atoms with Crippen LogP contribution in [0.3, 0.4) is 0 Å². The minimum absolute atomic E-state index is 0.0559. The van der Waals surface area contributed by atoms with E-state index in [1.54, 1.807) is 6.07 Å². The third-order valence-corrected chi connectivity index (χ3v) is 2.05. The molecule has 1 aliphatic carbocycles. The number of halogens is 2. The standard InChI is InChI=1S/C8H8ClFN2O/c9-7-11-4-1-6(12-7)13-5-8(10)2-3-8/h1,4H,2-3,5H2. The molecule has 5 heteroatoms. The van der Waals surface area contributed by atoms with E-state index in [9.17, 15) is 4.39 Å². The molecule has 1 aromatic rings.